The minimum Gasteiger partial charge on any atom is -0.374 e. The number of nitrogens with zero attached hydrogens (tertiary/aromatic N) is 1. The van der Waals surface area contributed by atoms with Crippen molar-refractivity contribution in [3.8, 4) is 0 Å². The monoisotopic (exact) mass is 330 g/mol. The van der Waals surface area contributed by atoms with Crippen LogP contribution in [0.25, 0.3) is 0 Å². The number of nitrogens with one attached hydrogen (secondary N) is 1. The number of ether oxygens (including phenoxy) is 1. The molecule has 0 aromatic heterocycles. The summed E-state index contributed by atoms with van der Waals surface area (Å²) in [7, 11) is 2.13. The van der Waals surface area contributed by atoms with Gasteiger partial charge >= 0.3 is 0 Å². The van der Waals surface area contributed by atoms with E-state index in [9.17, 15) is 0 Å². The maximum Gasteiger partial charge on any atom is 0.0858 e. The molecule has 1 fully saturated rings. The van der Waals surface area contributed by atoms with E-state index >= 15 is 0 Å². The van der Waals surface area contributed by atoms with Crippen LogP contribution in [0.5, 0.6) is 0 Å². The zero-order chi connectivity index (χ0) is 15.2. The average Bonchev–Trinajstić information content (AvgIpc) is 2.46. The first-order chi connectivity index (χ1) is 10.1. The Labute approximate surface area is 137 Å². The third-order valence-electron chi connectivity index (χ3n) is 3.89. The fraction of sp³-hybridized carbons (Fsp3) is 0.625. The van der Waals surface area contributed by atoms with Gasteiger partial charge in [-0.1, -0.05) is 36.2 Å². The second-order valence-electron chi connectivity index (χ2n) is 5.64. The molecule has 1 heterocycles. The molecule has 1 aromatic carbocycles. The second kappa shape index (κ2) is 8.35. The Morgan fingerprint density at radius 2 is 2.10 bits per heavy atom. The van der Waals surface area contributed by atoms with E-state index in [1.165, 1.54) is 0 Å². The standard InChI is InChI=1S/C16H24Cl2N2O/c1-3-7-19-15(16-11-20(2)8-9-21-16)10-12-13(17)5-4-6-14(12)18/h4-6,15-16,19H,3,7-11H2,1-2H3. The minimum absolute atomic E-state index is 0.169. The Morgan fingerprint density at radius 3 is 2.71 bits per heavy atom. The average molecular weight is 331 g/mol. The molecule has 0 spiro atoms. The van der Waals surface area contributed by atoms with Gasteiger partial charge in [-0.05, 0) is 44.1 Å². The zero-order valence-corrected chi connectivity index (χ0v) is 14.3. The first-order valence-electron chi connectivity index (χ1n) is 7.58. The van der Waals surface area contributed by atoms with E-state index in [0.29, 0.717) is 0 Å². The van der Waals surface area contributed by atoms with Crippen LogP contribution in [0.1, 0.15) is 18.9 Å². The normalized spacial score (nSPS) is 21.4. The molecule has 1 N–H and O–H groups in total. The molecule has 1 aliphatic rings. The summed E-state index contributed by atoms with van der Waals surface area (Å²) in [4.78, 5) is 2.31. The molecule has 0 radical (unpaired) electrons. The molecule has 118 valence electrons. The highest BCUT2D eigenvalue weighted by Gasteiger charge is 2.27. The van der Waals surface area contributed by atoms with Crippen molar-refractivity contribution >= 4 is 23.2 Å². The molecule has 0 amide bonds. The van der Waals surface area contributed by atoms with Gasteiger partial charge < -0.3 is 15.0 Å². The Balaban J connectivity index is 2.12. The van der Waals surface area contributed by atoms with Crippen LogP contribution in [-0.2, 0) is 11.2 Å². The van der Waals surface area contributed by atoms with E-state index in [1.54, 1.807) is 0 Å². The molecule has 2 atom stereocenters. The van der Waals surface area contributed by atoms with Crippen LogP contribution in [0, 0.1) is 0 Å². The molecule has 1 saturated heterocycles. The van der Waals surface area contributed by atoms with Gasteiger partial charge in [0.2, 0.25) is 0 Å². The van der Waals surface area contributed by atoms with Crippen molar-refractivity contribution in [2.24, 2.45) is 0 Å². The Kier molecular flexibility index (Phi) is 6.77. The molecular formula is C16H24Cl2N2O. The van der Waals surface area contributed by atoms with Crippen LogP contribution in [0.3, 0.4) is 0 Å². The lowest BCUT2D eigenvalue weighted by atomic mass is 9.99. The predicted molar refractivity (Wildman–Crippen MR) is 89.5 cm³/mol. The number of likely N-dealkylation sites (N-methyl/N-ethyl adjacent to an activating group) is 1. The van der Waals surface area contributed by atoms with Gasteiger partial charge in [-0.2, -0.15) is 0 Å². The Morgan fingerprint density at radius 1 is 1.38 bits per heavy atom. The summed E-state index contributed by atoms with van der Waals surface area (Å²) >= 11 is 12.6. The fourth-order valence-electron chi connectivity index (χ4n) is 2.67. The van der Waals surface area contributed by atoms with Crippen molar-refractivity contribution in [2.45, 2.75) is 31.9 Å². The summed E-state index contributed by atoms with van der Waals surface area (Å²) in [5.41, 5.74) is 1.01. The van der Waals surface area contributed by atoms with E-state index in [-0.39, 0.29) is 12.1 Å². The van der Waals surface area contributed by atoms with Crippen LogP contribution in [0.15, 0.2) is 18.2 Å². The van der Waals surface area contributed by atoms with Crippen LogP contribution < -0.4 is 5.32 Å². The van der Waals surface area contributed by atoms with E-state index in [1.807, 2.05) is 18.2 Å². The quantitative estimate of drug-likeness (QED) is 0.866. The van der Waals surface area contributed by atoms with Gasteiger partial charge in [0, 0.05) is 29.2 Å². The highest BCUT2D eigenvalue weighted by Crippen LogP contribution is 2.26. The zero-order valence-electron chi connectivity index (χ0n) is 12.7. The molecule has 2 unspecified atom stereocenters. The van der Waals surface area contributed by atoms with E-state index < -0.39 is 0 Å². The van der Waals surface area contributed by atoms with Crippen molar-refractivity contribution in [3.05, 3.63) is 33.8 Å². The molecule has 0 aliphatic carbocycles. The van der Waals surface area contributed by atoms with Crippen LogP contribution in [0.2, 0.25) is 10.0 Å². The molecule has 5 heteroatoms. The lowest BCUT2D eigenvalue weighted by Crippen LogP contribution is -2.52. The summed E-state index contributed by atoms with van der Waals surface area (Å²) in [5.74, 6) is 0. The maximum atomic E-state index is 6.31. The molecule has 0 saturated carbocycles. The van der Waals surface area contributed by atoms with Crippen molar-refractivity contribution in [2.75, 3.05) is 33.3 Å². The summed E-state index contributed by atoms with van der Waals surface area (Å²) < 4.78 is 5.97. The summed E-state index contributed by atoms with van der Waals surface area (Å²) in [6, 6.07) is 5.90. The first kappa shape index (κ1) is 17.0. The topological polar surface area (TPSA) is 24.5 Å². The van der Waals surface area contributed by atoms with E-state index in [0.717, 1.165) is 54.7 Å². The summed E-state index contributed by atoms with van der Waals surface area (Å²) in [6.45, 7) is 5.84. The lowest BCUT2D eigenvalue weighted by Gasteiger charge is -2.36. The molecule has 21 heavy (non-hydrogen) atoms. The SMILES string of the molecule is CCCNC(Cc1c(Cl)cccc1Cl)C1CN(C)CCO1. The second-order valence-corrected chi connectivity index (χ2v) is 6.45. The number of morpholine rings is 1. The summed E-state index contributed by atoms with van der Waals surface area (Å²) in [5, 5.41) is 5.06. The van der Waals surface area contributed by atoms with E-state index in [2.05, 4.69) is 24.2 Å². The van der Waals surface area contributed by atoms with Gasteiger partial charge in [0.05, 0.1) is 12.7 Å². The molecular weight excluding hydrogens is 307 g/mol. The minimum atomic E-state index is 0.169. The number of hydrogen-bond acceptors (Lipinski definition) is 3. The third kappa shape index (κ3) is 4.83. The van der Waals surface area contributed by atoms with Crippen molar-refractivity contribution in [1.82, 2.24) is 10.2 Å². The predicted octanol–water partition coefficient (Wildman–Crippen LogP) is 3.23. The van der Waals surface area contributed by atoms with Crippen LogP contribution in [0.4, 0.5) is 0 Å². The molecule has 1 aliphatic heterocycles. The highest BCUT2D eigenvalue weighted by molar-refractivity contribution is 6.36. The molecule has 0 bridgehead atoms. The maximum absolute atomic E-state index is 6.31. The number of benzene rings is 1. The Hall–Kier alpha value is -0.320. The third-order valence-corrected chi connectivity index (χ3v) is 4.60. The van der Waals surface area contributed by atoms with Gasteiger partial charge in [0.1, 0.15) is 0 Å². The van der Waals surface area contributed by atoms with Crippen LogP contribution >= 0.6 is 23.2 Å². The fourth-order valence-corrected chi connectivity index (χ4v) is 3.22. The summed E-state index contributed by atoms with van der Waals surface area (Å²) in [6.07, 6.45) is 2.05. The smallest absolute Gasteiger partial charge is 0.0858 e. The molecule has 2 rings (SSSR count). The first-order valence-corrected chi connectivity index (χ1v) is 8.33. The van der Waals surface area contributed by atoms with Crippen molar-refractivity contribution in [1.29, 1.82) is 0 Å². The van der Waals surface area contributed by atoms with Gasteiger partial charge in [0.15, 0.2) is 0 Å². The van der Waals surface area contributed by atoms with Crippen molar-refractivity contribution in [3.63, 3.8) is 0 Å². The van der Waals surface area contributed by atoms with Gasteiger partial charge in [-0.3, -0.25) is 0 Å². The van der Waals surface area contributed by atoms with Crippen molar-refractivity contribution < 1.29 is 4.74 Å². The van der Waals surface area contributed by atoms with Crippen LogP contribution in [-0.4, -0.2) is 50.3 Å². The number of halogens is 2. The molecule has 1 aromatic rings. The highest BCUT2D eigenvalue weighted by atomic mass is 35.5. The van der Waals surface area contributed by atoms with Gasteiger partial charge in [-0.15, -0.1) is 0 Å². The van der Waals surface area contributed by atoms with Gasteiger partial charge in [-0.25, -0.2) is 0 Å². The number of hydrogen-bond donors (Lipinski definition) is 1. The molecule has 3 nitrogen and oxygen atoms in total. The largest absolute Gasteiger partial charge is 0.374 e. The lowest BCUT2D eigenvalue weighted by molar-refractivity contribution is -0.0383. The van der Waals surface area contributed by atoms with Gasteiger partial charge in [0.25, 0.3) is 0 Å². The van der Waals surface area contributed by atoms with E-state index in [4.69, 9.17) is 27.9 Å². The Bertz CT molecular complexity index is 436. The number of rotatable bonds is 6.